The third-order valence-electron chi connectivity index (χ3n) is 1.53. The molecule has 0 aromatic carbocycles. The molecule has 1 aromatic rings. The molecule has 0 fully saturated rings. The van der Waals surface area contributed by atoms with Crippen LogP contribution in [-0.4, -0.2) is 11.1 Å². The minimum Gasteiger partial charge on any atom is -0.372 e. The summed E-state index contributed by atoms with van der Waals surface area (Å²) in [7, 11) is 0. The Kier molecular flexibility index (Phi) is 2.37. The van der Waals surface area contributed by atoms with Gasteiger partial charge in [0.2, 0.25) is 0 Å². The second-order valence-electron chi connectivity index (χ2n) is 2.21. The van der Waals surface area contributed by atoms with Crippen LogP contribution in [0.15, 0.2) is 18.3 Å². The highest BCUT2D eigenvalue weighted by atomic mass is 15.1. The minimum absolute atomic E-state index is 0.990. The zero-order valence-corrected chi connectivity index (χ0v) is 6.59. The summed E-state index contributed by atoms with van der Waals surface area (Å²) in [5, 5.41) is 3.27. The molecule has 1 aromatic heterocycles. The first-order valence-corrected chi connectivity index (χ1v) is 3.77. The van der Waals surface area contributed by atoms with Gasteiger partial charge in [-0.15, -0.1) is 0 Å². The fraction of sp³-hybridized carbons (Fsp3) is 0.500. The molecule has 0 aliphatic rings. The summed E-state index contributed by atoms with van der Waals surface area (Å²) in [6.45, 7) is 6.27. The van der Waals surface area contributed by atoms with Crippen molar-refractivity contribution in [2.75, 3.05) is 11.9 Å². The van der Waals surface area contributed by atoms with Gasteiger partial charge in [-0.1, -0.05) is 0 Å². The molecule has 1 heterocycles. The first kappa shape index (κ1) is 7.19. The van der Waals surface area contributed by atoms with Gasteiger partial charge in [0.05, 0.1) is 0 Å². The molecule has 0 bridgehead atoms. The number of nitrogens with one attached hydrogen (secondary N) is 1. The van der Waals surface area contributed by atoms with Crippen LogP contribution in [-0.2, 0) is 6.54 Å². The van der Waals surface area contributed by atoms with E-state index in [0.29, 0.717) is 0 Å². The molecule has 0 spiro atoms. The second kappa shape index (κ2) is 3.30. The number of rotatable bonds is 3. The Morgan fingerprint density at radius 3 is 2.90 bits per heavy atom. The summed E-state index contributed by atoms with van der Waals surface area (Å²) in [5.41, 5.74) is 0. The van der Waals surface area contributed by atoms with Gasteiger partial charge in [-0.05, 0) is 26.0 Å². The first-order valence-electron chi connectivity index (χ1n) is 3.77. The molecule has 1 rings (SSSR count). The Balaban J connectivity index is 2.70. The first-order chi connectivity index (χ1) is 4.88. The van der Waals surface area contributed by atoms with Crippen molar-refractivity contribution in [3.63, 3.8) is 0 Å². The highest BCUT2D eigenvalue weighted by Crippen LogP contribution is 2.07. The summed E-state index contributed by atoms with van der Waals surface area (Å²) in [6, 6.07) is 4.15. The molecule has 1 N–H and O–H groups in total. The molecule has 0 saturated carbocycles. The molecule has 0 unspecified atom stereocenters. The maximum Gasteiger partial charge on any atom is 0.105 e. The van der Waals surface area contributed by atoms with Gasteiger partial charge in [0, 0.05) is 19.3 Å². The van der Waals surface area contributed by atoms with Crippen molar-refractivity contribution in [1.29, 1.82) is 0 Å². The van der Waals surface area contributed by atoms with Gasteiger partial charge in [0.1, 0.15) is 5.82 Å². The number of anilines is 1. The molecule has 56 valence electrons. The van der Waals surface area contributed by atoms with E-state index in [9.17, 15) is 0 Å². The Bertz CT molecular complexity index is 191. The SMILES string of the molecule is CCNc1cccn1CC. The summed E-state index contributed by atoms with van der Waals surface area (Å²) >= 11 is 0. The molecule has 0 saturated heterocycles. The smallest absolute Gasteiger partial charge is 0.105 e. The van der Waals surface area contributed by atoms with E-state index < -0.39 is 0 Å². The van der Waals surface area contributed by atoms with Gasteiger partial charge in [-0.2, -0.15) is 0 Å². The number of aryl methyl sites for hydroxylation is 1. The largest absolute Gasteiger partial charge is 0.372 e. The highest BCUT2D eigenvalue weighted by Gasteiger charge is 1.93. The molecule has 10 heavy (non-hydrogen) atoms. The van der Waals surface area contributed by atoms with Gasteiger partial charge in [-0.25, -0.2) is 0 Å². The van der Waals surface area contributed by atoms with Crippen LogP contribution >= 0.6 is 0 Å². The fourth-order valence-electron chi connectivity index (χ4n) is 1.03. The molecular formula is C8H14N2. The van der Waals surface area contributed by atoms with Gasteiger partial charge in [-0.3, -0.25) is 0 Å². The molecule has 0 aliphatic carbocycles. The zero-order valence-electron chi connectivity index (χ0n) is 6.59. The van der Waals surface area contributed by atoms with Crippen molar-refractivity contribution in [2.45, 2.75) is 20.4 Å². The van der Waals surface area contributed by atoms with Crippen molar-refractivity contribution in [3.8, 4) is 0 Å². The van der Waals surface area contributed by atoms with Crippen LogP contribution in [0, 0.1) is 0 Å². The van der Waals surface area contributed by atoms with Crippen molar-refractivity contribution < 1.29 is 0 Å². The van der Waals surface area contributed by atoms with E-state index in [0.717, 1.165) is 13.1 Å². The monoisotopic (exact) mass is 138 g/mol. The van der Waals surface area contributed by atoms with Crippen LogP contribution in [0.1, 0.15) is 13.8 Å². The Morgan fingerprint density at radius 1 is 1.50 bits per heavy atom. The fourth-order valence-corrected chi connectivity index (χ4v) is 1.03. The lowest BCUT2D eigenvalue weighted by atomic mass is 10.6. The van der Waals surface area contributed by atoms with Crippen LogP contribution < -0.4 is 5.32 Å². The van der Waals surface area contributed by atoms with Gasteiger partial charge >= 0.3 is 0 Å². The standard InChI is InChI=1S/C8H14N2/c1-3-9-8-6-5-7-10(8)4-2/h5-7,9H,3-4H2,1-2H3. The van der Waals surface area contributed by atoms with Crippen molar-refractivity contribution in [2.24, 2.45) is 0 Å². The van der Waals surface area contributed by atoms with Crippen LogP contribution in [0.25, 0.3) is 0 Å². The van der Waals surface area contributed by atoms with E-state index in [-0.39, 0.29) is 0 Å². The van der Waals surface area contributed by atoms with E-state index in [1.165, 1.54) is 5.82 Å². The summed E-state index contributed by atoms with van der Waals surface area (Å²) in [6.07, 6.45) is 2.08. The van der Waals surface area contributed by atoms with Crippen LogP contribution in [0.5, 0.6) is 0 Å². The summed E-state index contributed by atoms with van der Waals surface area (Å²) < 4.78 is 2.18. The normalized spacial score (nSPS) is 9.80. The number of aromatic nitrogens is 1. The Hall–Kier alpha value is -0.920. The van der Waals surface area contributed by atoms with E-state index in [1.54, 1.807) is 0 Å². The van der Waals surface area contributed by atoms with Gasteiger partial charge < -0.3 is 9.88 Å². The Morgan fingerprint density at radius 2 is 2.30 bits per heavy atom. The predicted molar refractivity (Wildman–Crippen MR) is 44.3 cm³/mol. The van der Waals surface area contributed by atoms with Crippen LogP contribution in [0.3, 0.4) is 0 Å². The maximum absolute atomic E-state index is 3.27. The van der Waals surface area contributed by atoms with Crippen molar-refractivity contribution in [3.05, 3.63) is 18.3 Å². The van der Waals surface area contributed by atoms with E-state index >= 15 is 0 Å². The summed E-state index contributed by atoms with van der Waals surface area (Å²) in [4.78, 5) is 0. The van der Waals surface area contributed by atoms with Crippen LogP contribution in [0.2, 0.25) is 0 Å². The molecule has 0 atom stereocenters. The van der Waals surface area contributed by atoms with Crippen molar-refractivity contribution >= 4 is 5.82 Å². The third kappa shape index (κ3) is 1.32. The molecule has 0 radical (unpaired) electrons. The van der Waals surface area contributed by atoms with Gasteiger partial charge in [0.25, 0.3) is 0 Å². The minimum atomic E-state index is 0.990. The quantitative estimate of drug-likeness (QED) is 0.675. The third-order valence-corrected chi connectivity index (χ3v) is 1.53. The molecule has 0 amide bonds. The molecule has 2 heteroatoms. The number of hydrogen-bond acceptors (Lipinski definition) is 1. The number of hydrogen-bond donors (Lipinski definition) is 1. The average molecular weight is 138 g/mol. The zero-order chi connectivity index (χ0) is 7.40. The van der Waals surface area contributed by atoms with E-state index in [2.05, 4.69) is 42.1 Å². The average Bonchev–Trinajstić information content (AvgIpc) is 2.36. The number of nitrogens with zero attached hydrogens (tertiary/aromatic N) is 1. The molecule has 2 nitrogen and oxygen atoms in total. The van der Waals surface area contributed by atoms with Crippen LogP contribution in [0.4, 0.5) is 5.82 Å². The Labute approximate surface area is 61.9 Å². The summed E-state index contributed by atoms with van der Waals surface area (Å²) in [5.74, 6) is 1.21. The second-order valence-corrected chi connectivity index (χ2v) is 2.21. The van der Waals surface area contributed by atoms with Gasteiger partial charge in [0.15, 0.2) is 0 Å². The van der Waals surface area contributed by atoms with E-state index in [1.807, 2.05) is 0 Å². The van der Waals surface area contributed by atoms with E-state index in [4.69, 9.17) is 0 Å². The predicted octanol–water partition coefficient (Wildman–Crippen LogP) is 1.94. The molecular weight excluding hydrogens is 124 g/mol. The van der Waals surface area contributed by atoms with Crippen molar-refractivity contribution in [1.82, 2.24) is 4.57 Å². The topological polar surface area (TPSA) is 17.0 Å². The highest BCUT2D eigenvalue weighted by molar-refractivity contribution is 5.36. The lowest BCUT2D eigenvalue weighted by Gasteiger charge is -2.05. The maximum atomic E-state index is 3.27. The lowest BCUT2D eigenvalue weighted by Crippen LogP contribution is -2.03. The molecule has 0 aliphatic heterocycles. The lowest BCUT2D eigenvalue weighted by molar-refractivity contribution is 0.772.